The van der Waals surface area contributed by atoms with Gasteiger partial charge in [-0.15, -0.1) is 0 Å². The molecule has 0 aromatic heterocycles. The molecule has 1 amide bonds. The molecule has 0 unspecified atom stereocenters. The summed E-state index contributed by atoms with van der Waals surface area (Å²) in [6.07, 6.45) is 0. The van der Waals surface area contributed by atoms with E-state index in [0.717, 1.165) is 0 Å². The molecule has 6 heteroatoms. The van der Waals surface area contributed by atoms with Crippen LogP contribution in [0.15, 0.2) is 12.1 Å². The molecule has 0 bridgehead atoms. The molecule has 0 aliphatic rings. The van der Waals surface area contributed by atoms with Crippen LogP contribution >= 0.6 is 0 Å². The maximum absolute atomic E-state index is 14.0. The van der Waals surface area contributed by atoms with E-state index in [2.05, 4.69) is 15.5 Å². The van der Waals surface area contributed by atoms with E-state index in [-0.39, 0.29) is 23.5 Å². The molecule has 1 rings (SSSR count). The summed E-state index contributed by atoms with van der Waals surface area (Å²) in [5.74, 6) is -0.890. The molecule has 0 atom stereocenters. The molecule has 0 fully saturated rings. The van der Waals surface area contributed by atoms with Gasteiger partial charge in [0.2, 0.25) is 0 Å². The maximum atomic E-state index is 14.0. The van der Waals surface area contributed by atoms with Crippen molar-refractivity contribution < 1.29 is 13.9 Å². The molecule has 0 saturated carbocycles. The Morgan fingerprint density at radius 3 is 2.62 bits per heavy atom. The van der Waals surface area contributed by atoms with E-state index in [0.29, 0.717) is 12.2 Å². The number of anilines is 1. The fourth-order valence-corrected chi connectivity index (χ4v) is 1.58. The van der Waals surface area contributed by atoms with Gasteiger partial charge in [-0.3, -0.25) is 9.64 Å². The summed E-state index contributed by atoms with van der Waals surface area (Å²) in [5.41, 5.74) is 0.310. The van der Waals surface area contributed by atoms with Crippen LogP contribution in [-0.2, 0) is 0 Å². The zero-order valence-electron chi connectivity index (χ0n) is 12.7. The van der Waals surface area contributed by atoms with Crippen molar-refractivity contribution >= 4 is 11.6 Å². The monoisotopic (exact) mass is 293 g/mol. The smallest absolute Gasteiger partial charge is 0.357 e. The normalized spacial score (nSPS) is 10.7. The number of amides is 1. The molecule has 2 N–H and O–H groups in total. The molecule has 114 valence electrons. The molecule has 1 aromatic rings. The second-order valence-corrected chi connectivity index (χ2v) is 5.75. The van der Waals surface area contributed by atoms with E-state index in [1.54, 1.807) is 0 Å². The molecule has 0 saturated heterocycles. The van der Waals surface area contributed by atoms with Gasteiger partial charge in [0.15, 0.2) is 5.75 Å². The Morgan fingerprint density at radius 2 is 2.10 bits per heavy atom. The first-order valence-electron chi connectivity index (χ1n) is 6.54. The van der Waals surface area contributed by atoms with Gasteiger partial charge in [0, 0.05) is 19.7 Å². The Morgan fingerprint density at radius 1 is 1.43 bits per heavy atom. The maximum Gasteiger partial charge on any atom is 0.357 e. The van der Waals surface area contributed by atoms with Crippen molar-refractivity contribution in [3.63, 3.8) is 0 Å². The lowest BCUT2D eigenvalue weighted by Crippen LogP contribution is -2.21. The third kappa shape index (κ3) is 4.95. The molecule has 1 aromatic carbocycles. The van der Waals surface area contributed by atoms with E-state index in [1.807, 2.05) is 20.8 Å². The third-order valence-electron chi connectivity index (χ3n) is 2.63. The van der Waals surface area contributed by atoms with E-state index >= 15 is 0 Å². The van der Waals surface area contributed by atoms with Gasteiger partial charge < -0.3 is 15.4 Å². The Bertz CT molecular complexity index is 559. The van der Waals surface area contributed by atoms with Crippen LogP contribution in [0.25, 0.3) is 4.85 Å². The summed E-state index contributed by atoms with van der Waals surface area (Å²) in [7, 11) is 1.42. The van der Waals surface area contributed by atoms with Crippen LogP contribution in [0.1, 0.15) is 31.1 Å². The molecule has 21 heavy (non-hydrogen) atoms. The summed E-state index contributed by atoms with van der Waals surface area (Å²) in [4.78, 5) is 14.7. The highest BCUT2D eigenvalue weighted by molar-refractivity contribution is 5.95. The highest BCUT2D eigenvalue weighted by atomic mass is 19.1. The molecule has 5 nitrogen and oxygen atoms in total. The minimum atomic E-state index is -0.638. The lowest BCUT2D eigenvalue weighted by molar-refractivity contribution is 0.0958. The number of halogens is 1. The van der Waals surface area contributed by atoms with Crippen LogP contribution in [0.2, 0.25) is 0 Å². The quantitative estimate of drug-likeness (QED) is 0.821. The first kappa shape index (κ1) is 16.8. The second kappa shape index (κ2) is 6.93. The first-order chi connectivity index (χ1) is 9.78. The SMILES string of the molecule is [C-]#[N+]COc1cc(C(=O)NC)c(F)cc1NCC(C)(C)C. The van der Waals surface area contributed by atoms with Gasteiger partial charge in [0.05, 0.1) is 11.3 Å². The lowest BCUT2D eigenvalue weighted by atomic mass is 9.97. The predicted molar refractivity (Wildman–Crippen MR) is 79.8 cm³/mol. The molecular formula is C15H20FN3O2. The van der Waals surface area contributed by atoms with Gasteiger partial charge in [0.1, 0.15) is 5.82 Å². The first-order valence-corrected chi connectivity index (χ1v) is 6.54. The number of benzene rings is 1. The van der Waals surface area contributed by atoms with Crippen molar-refractivity contribution in [3.8, 4) is 5.75 Å². The Labute approximate surface area is 124 Å². The second-order valence-electron chi connectivity index (χ2n) is 5.75. The number of carbonyl (C=O) groups is 1. The van der Waals surface area contributed by atoms with Crippen molar-refractivity contribution in [3.05, 3.63) is 34.9 Å². The number of carbonyl (C=O) groups excluding carboxylic acids is 1. The van der Waals surface area contributed by atoms with E-state index < -0.39 is 11.7 Å². The van der Waals surface area contributed by atoms with E-state index in [4.69, 9.17) is 11.3 Å². The highest BCUT2D eigenvalue weighted by Crippen LogP contribution is 2.29. The molecule has 0 heterocycles. The fourth-order valence-electron chi connectivity index (χ4n) is 1.58. The van der Waals surface area contributed by atoms with Gasteiger partial charge in [-0.25, -0.2) is 11.0 Å². The number of nitrogens with zero attached hydrogens (tertiary/aromatic N) is 1. The van der Waals surface area contributed by atoms with Crippen molar-refractivity contribution in [2.75, 3.05) is 25.6 Å². The van der Waals surface area contributed by atoms with Crippen molar-refractivity contribution in [1.82, 2.24) is 5.32 Å². The van der Waals surface area contributed by atoms with Gasteiger partial charge in [0.25, 0.3) is 5.91 Å². The number of hydrogen-bond acceptors (Lipinski definition) is 3. The van der Waals surface area contributed by atoms with Crippen LogP contribution in [0.3, 0.4) is 0 Å². The van der Waals surface area contributed by atoms with Crippen LogP contribution < -0.4 is 15.4 Å². The number of hydrogen-bond donors (Lipinski definition) is 2. The fraction of sp³-hybridized carbons (Fsp3) is 0.467. The standard InChI is InChI=1S/C15H20FN3O2/c1-15(2,3)8-19-12-7-11(16)10(14(20)18-5)6-13(12)21-9-17-4/h6-7,19H,8-9H2,1-3,5H3,(H,18,20). The van der Waals surface area contributed by atoms with Gasteiger partial charge in [-0.05, 0) is 11.5 Å². The van der Waals surface area contributed by atoms with Gasteiger partial charge >= 0.3 is 6.73 Å². The summed E-state index contributed by atoms with van der Waals surface area (Å²) in [6.45, 7) is 13.3. The van der Waals surface area contributed by atoms with Gasteiger partial charge in [-0.1, -0.05) is 20.8 Å². The summed E-state index contributed by atoms with van der Waals surface area (Å²) >= 11 is 0. The average Bonchev–Trinajstić information content (AvgIpc) is 2.42. The lowest BCUT2D eigenvalue weighted by Gasteiger charge is -2.21. The molecule has 0 spiro atoms. The van der Waals surface area contributed by atoms with Crippen molar-refractivity contribution in [2.24, 2.45) is 5.41 Å². The summed E-state index contributed by atoms with van der Waals surface area (Å²) in [6, 6.07) is 2.53. The van der Waals surface area contributed by atoms with Crippen LogP contribution in [-0.4, -0.2) is 26.2 Å². The average molecular weight is 293 g/mol. The molecule has 0 aliphatic carbocycles. The Hall–Kier alpha value is -2.29. The minimum Gasteiger partial charge on any atom is -0.424 e. The molecular weight excluding hydrogens is 273 g/mol. The van der Waals surface area contributed by atoms with E-state index in [9.17, 15) is 9.18 Å². The summed E-state index contributed by atoms with van der Waals surface area (Å²) < 4.78 is 19.3. The predicted octanol–water partition coefficient (Wildman–Crippen LogP) is 2.90. The van der Waals surface area contributed by atoms with Crippen LogP contribution in [0, 0.1) is 17.8 Å². The number of rotatable bonds is 5. The largest absolute Gasteiger partial charge is 0.424 e. The minimum absolute atomic E-state index is 0.00694. The van der Waals surface area contributed by atoms with Gasteiger partial charge in [-0.2, -0.15) is 0 Å². The van der Waals surface area contributed by atoms with Crippen molar-refractivity contribution in [1.29, 1.82) is 0 Å². The zero-order valence-corrected chi connectivity index (χ0v) is 12.7. The molecule has 0 radical (unpaired) electrons. The van der Waals surface area contributed by atoms with Crippen molar-refractivity contribution in [2.45, 2.75) is 20.8 Å². The zero-order chi connectivity index (χ0) is 16.0. The van der Waals surface area contributed by atoms with Crippen LogP contribution in [0.4, 0.5) is 10.1 Å². The summed E-state index contributed by atoms with van der Waals surface area (Å²) in [5, 5.41) is 5.45. The topological polar surface area (TPSA) is 54.7 Å². The Kier molecular flexibility index (Phi) is 5.53. The highest BCUT2D eigenvalue weighted by Gasteiger charge is 2.18. The van der Waals surface area contributed by atoms with E-state index in [1.165, 1.54) is 19.2 Å². The third-order valence-corrected chi connectivity index (χ3v) is 2.63. The molecule has 0 aliphatic heterocycles. The Balaban J connectivity index is 3.13. The number of nitrogens with one attached hydrogen (secondary N) is 2. The van der Waals surface area contributed by atoms with Crippen LogP contribution in [0.5, 0.6) is 5.75 Å². The number of ether oxygens (including phenoxy) is 1.